The topological polar surface area (TPSA) is 108 Å². The van der Waals surface area contributed by atoms with Crippen molar-refractivity contribution in [1.82, 2.24) is 15.0 Å². The molecule has 1 aromatic heterocycles. The predicted octanol–water partition coefficient (Wildman–Crippen LogP) is -0.559. The Kier molecular flexibility index (Phi) is 4.49. The zero-order valence-electron chi connectivity index (χ0n) is 9.65. The lowest BCUT2D eigenvalue weighted by Gasteiger charge is -2.12. The monoisotopic (exact) mass is 293 g/mol. The van der Waals surface area contributed by atoms with E-state index in [2.05, 4.69) is 15.0 Å². The number of amides is 1. The van der Waals surface area contributed by atoms with Crippen LogP contribution >= 0.6 is 11.6 Å². The molecule has 0 aliphatic carbocycles. The largest absolute Gasteiger partial charge is 0.358 e. The van der Waals surface area contributed by atoms with Crippen LogP contribution < -0.4 is 15.6 Å². The van der Waals surface area contributed by atoms with E-state index < -0.39 is 27.5 Å². The van der Waals surface area contributed by atoms with Gasteiger partial charge < -0.3 is 10.3 Å². The summed E-state index contributed by atoms with van der Waals surface area (Å²) in [6.07, 6.45) is 1.01. The minimum atomic E-state index is -3.92. The SMILES string of the molecule is CNC(=O)C(C)NS(=O)(=O)c1c[nH]c(=O)c(Cl)c1. The highest BCUT2D eigenvalue weighted by Gasteiger charge is 2.22. The molecule has 1 aromatic rings. The molecule has 1 amide bonds. The second-order valence-electron chi connectivity index (χ2n) is 3.47. The number of likely N-dealkylation sites (N-methyl/N-ethyl adjacent to an activating group) is 1. The van der Waals surface area contributed by atoms with E-state index in [1.165, 1.54) is 14.0 Å². The van der Waals surface area contributed by atoms with E-state index in [0.29, 0.717) is 0 Å². The van der Waals surface area contributed by atoms with Gasteiger partial charge in [-0.2, -0.15) is 4.72 Å². The van der Waals surface area contributed by atoms with Crippen LogP contribution in [-0.4, -0.2) is 32.4 Å². The maximum atomic E-state index is 11.9. The molecule has 9 heteroatoms. The molecule has 0 fully saturated rings. The van der Waals surface area contributed by atoms with Crippen molar-refractivity contribution in [2.75, 3.05) is 7.05 Å². The third kappa shape index (κ3) is 3.31. The zero-order valence-corrected chi connectivity index (χ0v) is 11.2. The van der Waals surface area contributed by atoms with E-state index in [9.17, 15) is 18.0 Å². The summed E-state index contributed by atoms with van der Waals surface area (Å²) in [5.74, 6) is -0.478. The number of aromatic amines is 1. The normalized spacial score (nSPS) is 13.1. The van der Waals surface area contributed by atoms with Crippen LogP contribution in [0.15, 0.2) is 22.0 Å². The quantitative estimate of drug-likeness (QED) is 0.691. The zero-order chi connectivity index (χ0) is 13.9. The first-order valence-electron chi connectivity index (χ1n) is 4.90. The molecule has 0 saturated carbocycles. The third-order valence-corrected chi connectivity index (χ3v) is 3.91. The standard InChI is InChI=1S/C9H12ClN3O4S/c1-5(8(14)11-2)13-18(16,17)6-3-7(10)9(15)12-4-6/h3-5,13H,1-2H3,(H,11,14)(H,12,15). The number of carbonyl (C=O) groups is 1. The fraction of sp³-hybridized carbons (Fsp3) is 0.333. The van der Waals surface area contributed by atoms with Gasteiger partial charge in [0.05, 0.1) is 10.9 Å². The van der Waals surface area contributed by atoms with Gasteiger partial charge in [0.25, 0.3) is 5.56 Å². The fourth-order valence-corrected chi connectivity index (χ4v) is 2.60. The molecule has 1 atom stereocenters. The van der Waals surface area contributed by atoms with Crippen molar-refractivity contribution in [2.45, 2.75) is 17.9 Å². The average Bonchev–Trinajstić information content (AvgIpc) is 2.30. The molecule has 1 rings (SSSR count). The van der Waals surface area contributed by atoms with E-state index in [4.69, 9.17) is 11.6 Å². The van der Waals surface area contributed by atoms with Crippen LogP contribution in [0.4, 0.5) is 0 Å². The second kappa shape index (κ2) is 5.51. The predicted molar refractivity (Wildman–Crippen MR) is 65.9 cm³/mol. The van der Waals surface area contributed by atoms with Crippen molar-refractivity contribution in [2.24, 2.45) is 0 Å². The Bertz CT molecular complexity index is 610. The van der Waals surface area contributed by atoms with Gasteiger partial charge in [0.15, 0.2) is 0 Å². The molecule has 100 valence electrons. The second-order valence-corrected chi connectivity index (χ2v) is 5.59. The highest BCUT2D eigenvalue weighted by molar-refractivity contribution is 7.89. The molecule has 0 bridgehead atoms. The Morgan fingerprint density at radius 1 is 1.50 bits per heavy atom. The summed E-state index contributed by atoms with van der Waals surface area (Å²) < 4.78 is 25.9. The van der Waals surface area contributed by atoms with Gasteiger partial charge in [-0.3, -0.25) is 9.59 Å². The fourth-order valence-electron chi connectivity index (χ4n) is 1.16. The van der Waals surface area contributed by atoms with Crippen molar-refractivity contribution in [3.8, 4) is 0 Å². The van der Waals surface area contributed by atoms with Crippen LogP contribution in [0.5, 0.6) is 0 Å². The van der Waals surface area contributed by atoms with Crippen LogP contribution in [0.1, 0.15) is 6.92 Å². The van der Waals surface area contributed by atoms with Gasteiger partial charge in [-0.15, -0.1) is 0 Å². The first-order chi connectivity index (χ1) is 8.27. The number of rotatable bonds is 4. The highest BCUT2D eigenvalue weighted by Crippen LogP contribution is 2.10. The van der Waals surface area contributed by atoms with Gasteiger partial charge in [-0.05, 0) is 13.0 Å². The molecular formula is C9H12ClN3O4S. The Labute approximate surface area is 109 Å². The van der Waals surface area contributed by atoms with E-state index >= 15 is 0 Å². The molecular weight excluding hydrogens is 282 g/mol. The Morgan fingerprint density at radius 3 is 2.61 bits per heavy atom. The molecule has 0 aliphatic heterocycles. The summed E-state index contributed by atoms with van der Waals surface area (Å²) in [7, 11) is -2.53. The van der Waals surface area contributed by atoms with E-state index in [-0.39, 0.29) is 9.92 Å². The van der Waals surface area contributed by atoms with Gasteiger partial charge in [0.1, 0.15) is 5.02 Å². The van der Waals surface area contributed by atoms with E-state index in [1.807, 2.05) is 0 Å². The highest BCUT2D eigenvalue weighted by atomic mass is 35.5. The van der Waals surface area contributed by atoms with Crippen LogP contribution in [0.3, 0.4) is 0 Å². The molecule has 1 heterocycles. The summed E-state index contributed by atoms with van der Waals surface area (Å²) in [5, 5.41) is 2.06. The Balaban J connectivity index is 3.03. The first-order valence-corrected chi connectivity index (χ1v) is 6.76. The number of nitrogens with one attached hydrogen (secondary N) is 3. The van der Waals surface area contributed by atoms with Gasteiger partial charge in [0.2, 0.25) is 15.9 Å². The molecule has 1 unspecified atom stereocenters. The molecule has 0 spiro atoms. The summed E-state index contributed by atoms with van der Waals surface area (Å²) in [6, 6.07) is 0.0740. The van der Waals surface area contributed by atoms with Crippen LogP contribution in [0.25, 0.3) is 0 Å². The summed E-state index contributed by atoms with van der Waals surface area (Å²) >= 11 is 5.53. The van der Waals surface area contributed by atoms with Crippen LogP contribution in [-0.2, 0) is 14.8 Å². The molecule has 3 N–H and O–H groups in total. The van der Waals surface area contributed by atoms with Gasteiger partial charge >= 0.3 is 0 Å². The summed E-state index contributed by atoms with van der Waals surface area (Å²) in [4.78, 5) is 24.2. The third-order valence-electron chi connectivity index (χ3n) is 2.11. The van der Waals surface area contributed by atoms with Crippen molar-refractivity contribution < 1.29 is 13.2 Å². The minimum Gasteiger partial charge on any atom is -0.358 e. The Hall–Kier alpha value is -1.38. The number of carbonyl (C=O) groups excluding carboxylic acids is 1. The minimum absolute atomic E-state index is 0.220. The molecule has 0 radical (unpaired) electrons. The number of sulfonamides is 1. The average molecular weight is 294 g/mol. The van der Waals surface area contributed by atoms with E-state index in [0.717, 1.165) is 12.3 Å². The molecule has 0 aromatic carbocycles. The molecule has 0 saturated heterocycles. The summed E-state index contributed by atoms with van der Waals surface area (Å²) in [6.45, 7) is 1.39. The lowest BCUT2D eigenvalue weighted by Crippen LogP contribution is -2.43. The first kappa shape index (κ1) is 14.7. The number of pyridine rings is 1. The number of hydrogen-bond acceptors (Lipinski definition) is 4. The van der Waals surface area contributed by atoms with Crippen molar-refractivity contribution in [3.05, 3.63) is 27.6 Å². The number of hydrogen-bond donors (Lipinski definition) is 3. The Morgan fingerprint density at radius 2 is 2.11 bits per heavy atom. The van der Waals surface area contributed by atoms with Crippen molar-refractivity contribution in [1.29, 1.82) is 0 Å². The smallest absolute Gasteiger partial charge is 0.266 e. The molecule has 7 nitrogen and oxygen atoms in total. The van der Waals surface area contributed by atoms with Crippen LogP contribution in [0, 0.1) is 0 Å². The lowest BCUT2D eigenvalue weighted by molar-refractivity contribution is -0.121. The van der Waals surface area contributed by atoms with Crippen molar-refractivity contribution >= 4 is 27.5 Å². The maximum absolute atomic E-state index is 11.9. The number of halogens is 1. The number of H-pyrrole nitrogens is 1. The number of aromatic nitrogens is 1. The molecule has 0 aliphatic rings. The van der Waals surface area contributed by atoms with Crippen molar-refractivity contribution in [3.63, 3.8) is 0 Å². The summed E-state index contributed by atoms with van der Waals surface area (Å²) in [5.41, 5.74) is -0.588. The molecule has 18 heavy (non-hydrogen) atoms. The van der Waals surface area contributed by atoms with Gasteiger partial charge in [0, 0.05) is 13.2 Å². The maximum Gasteiger partial charge on any atom is 0.266 e. The van der Waals surface area contributed by atoms with Crippen LogP contribution in [0.2, 0.25) is 5.02 Å². The van der Waals surface area contributed by atoms with Gasteiger partial charge in [-0.25, -0.2) is 8.42 Å². The van der Waals surface area contributed by atoms with E-state index in [1.54, 1.807) is 0 Å². The lowest BCUT2D eigenvalue weighted by atomic mass is 10.3. The van der Waals surface area contributed by atoms with Gasteiger partial charge in [-0.1, -0.05) is 11.6 Å².